The van der Waals surface area contributed by atoms with Crippen molar-refractivity contribution in [3.05, 3.63) is 77.1 Å². The number of carbonyl (C=O) groups is 2. The number of ketones is 1. The molecule has 1 aliphatic rings. The summed E-state index contributed by atoms with van der Waals surface area (Å²) < 4.78 is 5.25. The molecule has 1 N–H and O–H groups in total. The first-order valence-corrected chi connectivity index (χ1v) is 8.90. The fraction of sp³-hybridized carbons (Fsp3) is 0.273. The van der Waals surface area contributed by atoms with Gasteiger partial charge in [0.15, 0.2) is 11.5 Å². The van der Waals surface area contributed by atoms with Gasteiger partial charge < -0.3 is 14.7 Å². The summed E-state index contributed by atoms with van der Waals surface area (Å²) in [6.45, 7) is 3.79. The molecule has 0 spiro atoms. The van der Waals surface area contributed by atoms with Crippen LogP contribution in [0.1, 0.15) is 31.0 Å². The molecule has 1 atom stereocenters. The molecule has 1 heterocycles. The molecule has 0 aromatic heterocycles. The summed E-state index contributed by atoms with van der Waals surface area (Å²) in [5.74, 6) is -0.840. The van der Waals surface area contributed by atoms with E-state index in [1.165, 1.54) is 4.90 Å². The van der Waals surface area contributed by atoms with Gasteiger partial charge in [-0.2, -0.15) is 0 Å². The molecule has 1 amide bonds. The number of carbonyl (C=O) groups excluding carboxylic acids is 2. The molecule has 5 nitrogen and oxygen atoms in total. The Bertz CT molecular complexity index is 886. The average molecular weight is 365 g/mol. The number of aliphatic hydroxyl groups is 1. The Morgan fingerprint density at radius 3 is 2.48 bits per heavy atom. The van der Waals surface area contributed by atoms with Gasteiger partial charge in [0.1, 0.15) is 5.75 Å². The number of ether oxygens (including phenoxy) is 1. The summed E-state index contributed by atoms with van der Waals surface area (Å²) in [5, 5.41) is 10.5. The van der Waals surface area contributed by atoms with Crippen LogP contribution in [0, 0.1) is 5.92 Å². The predicted molar refractivity (Wildman–Crippen MR) is 102 cm³/mol. The van der Waals surface area contributed by atoms with Crippen molar-refractivity contribution >= 4 is 11.7 Å². The molecule has 140 valence electrons. The third-order valence-electron chi connectivity index (χ3n) is 4.70. The fourth-order valence-electron chi connectivity index (χ4n) is 3.33. The number of nitrogens with zero attached hydrogens (tertiary/aromatic N) is 1. The molecule has 27 heavy (non-hydrogen) atoms. The number of benzene rings is 2. The van der Waals surface area contributed by atoms with Crippen LogP contribution in [-0.2, 0) is 16.1 Å². The first kappa shape index (κ1) is 18.7. The van der Waals surface area contributed by atoms with Crippen molar-refractivity contribution in [3.63, 3.8) is 0 Å². The van der Waals surface area contributed by atoms with E-state index in [1.807, 2.05) is 54.6 Å². The highest BCUT2D eigenvalue weighted by molar-refractivity contribution is 6.09. The predicted octanol–water partition coefficient (Wildman–Crippen LogP) is 3.82. The van der Waals surface area contributed by atoms with E-state index < -0.39 is 17.7 Å². The summed E-state index contributed by atoms with van der Waals surface area (Å²) in [6, 6.07) is 16.1. The number of aliphatic hydroxyl groups excluding tert-OH is 1. The summed E-state index contributed by atoms with van der Waals surface area (Å²) in [4.78, 5) is 27.1. The van der Waals surface area contributed by atoms with Crippen LogP contribution in [0.2, 0.25) is 0 Å². The van der Waals surface area contributed by atoms with E-state index in [0.29, 0.717) is 5.75 Å². The van der Waals surface area contributed by atoms with E-state index in [4.69, 9.17) is 4.74 Å². The molecule has 1 unspecified atom stereocenters. The van der Waals surface area contributed by atoms with E-state index in [2.05, 4.69) is 0 Å². The molecular weight excluding hydrogens is 342 g/mol. The largest absolute Gasteiger partial charge is 0.503 e. The number of methoxy groups -OCH3 is 1. The third-order valence-corrected chi connectivity index (χ3v) is 4.70. The molecule has 2 aromatic carbocycles. The van der Waals surface area contributed by atoms with Crippen LogP contribution in [0.5, 0.6) is 5.75 Å². The number of Topliss-reactive ketones (excluding diaryl/α,β-unsaturated/α-hetero) is 1. The van der Waals surface area contributed by atoms with Gasteiger partial charge in [-0.3, -0.25) is 9.59 Å². The van der Waals surface area contributed by atoms with Crippen LogP contribution in [-0.4, -0.2) is 28.8 Å². The van der Waals surface area contributed by atoms with Crippen molar-refractivity contribution in [2.45, 2.75) is 26.4 Å². The van der Waals surface area contributed by atoms with Gasteiger partial charge in [-0.15, -0.1) is 0 Å². The Hall–Kier alpha value is -3.08. The smallest absolute Gasteiger partial charge is 0.290 e. The molecule has 0 bridgehead atoms. The second-order valence-electron chi connectivity index (χ2n) is 6.88. The first-order chi connectivity index (χ1) is 12.9. The van der Waals surface area contributed by atoms with Gasteiger partial charge in [0, 0.05) is 12.5 Å². The lowest BCUT2D eigenvalue weighted by molar-refractivity contribution is -0.130. The second kappa shape index (κ2) is 7.66. The van der Waals surface area contributed by atoms with Crippen LogP contribution in [0.25, 0.3) is 0 Å². The summed E-state index contributed by atoms with van der Waals surface area (Å²) >= 11 is 0. The van der Waals surface area contributed by atoms with Gasteiger partial charge in [-0.1, -0.05) is 56.3 Å². The quantitative estimate of drug-likeness (QED) is 0.845. The van der Waals surface area contributed by atoms with Crippen molar-refractivity contribution < 1.29 is 19.4 Å². The lowest BCUT2D eigenvalue weighted by atomic mass is 9.91. The zero-order valence-corrected chi connectivity index (χ0v) is 15.7. The van der Waals surface area contributed by atoms with Crippen LogP contribution in [0.3, 0.4) is 0 Å². The van der Waals surface area contributed by atoms with Crippen LogP contribution in [0.4, 0.5) is 0 Å². The molecule has 2 aromatic rings. The van der Waals surface area contributed by atoms with Gasteiger partial charge >= 0.3 is 0 Å². The summed E-state index contributed by atoms with van der Waals surface area (Å²) in [6.07, 6.45) is 0. The van der Waals surface area contributed by atoms with Gasteiger partial charge in [0.05, 0.1) is 18.7 Å². The third kappa shape index (κ3) is 3.58. The second-order valence-corrected chi connectivity index (χ2v) is 6.88. The van der Waals surface area contributed by atoms with Gasteiger partial charge in [-0.05, 0) is 23.3 Å². The Kier molecular flexibility index (Phi) is 5.31. The minimum atomic E-state index is -0.611. The van der Waals surface area contributed by atoms with Crippen LogP contribution >= 0.6 is 0 Å². The van der Waals surface area contributed by atoms with Crippen molar-refractivity contribution in [3.8, 4) is 5.75 Å². The van der Waals surface area contributed by atoms with Crippen molar-refractivity contribution in [1.29, 1.82) is 0 Å². The van der Waals surface area contributed by atoms with Crippen LogP contribution in [0.15, 0.2) is 65.9 Å². The highest BCUT2D eigenvalue weighted by atomic mass is 16.5. The average Bonchev–Trinajstić information content (AvgIpc) is 2.93. The Labute approximate surface area is 158 Å². The minimum absolute atomic E-state index is 0.170. The molecule has 0 saturated heterocycles. The monoisotopic (exact) mass is 365 g/mol. The van der Waals surface area contributed by atoms with Gasteiger partial charge in [-0.25, -0.2) is 0 Å². The standard InChI is InChI=1S/C22H23NO4/c1-14(2)20(24)18-19(16-9-5-4-6-10-16)23(22(26)21(18)25)13-15-8-7-11-17(12-15)27-3/h4-12,14,19,25H,13H2,1-3H3. The van der Waals surface area contributed by atoms with Gasteiger partial charge in [0.25, 0.3) is 5.91 Å². The van der Waals surface area contributed by atoms with E-state index in [9.17, 15) is 14.7 Å². The van der Waals surface area contributed by atoms with Crippen molar-refractivity contribution in [2.24, 2.45) is 5.92 Å². The maximum atomic E-state index is 12.8. The minimum Gasteiger partial charge on any atom is -0.503 e. The molecule has 5 heteroatoms. The zero-order valence-electron chi connectivity index (χ0n) is 15.7. The Morgan fingerprint density at radius 2 is 1.85 bits per heavy atom. The summed E-state index contributed by atoms with van der Waals surface area (Å²) in [7, 11) is 1.58. The van der Waals surface area contributed by atoms with Crippen LogP contribution < -0.4 is 4.74 Å². The van der Waals surface area contributed by atoms with Crippen molar-refractivity contribution in [2.75, 3.05) is 7.11 Å². The van der Waals surface area contributed by atoms with E-state index in [-0.39, 0.29) is 23.8 Å². The molecule has 1 aliphatic heterocycles. The first-order valence-electron chi connectivity index (χ1n) is 8.90. The normalized spacial score (nSPS) is 17.0. The topological polar surface area (TPSA) is 66.8 Å². The highest BCUT2D eigenvalue weighted by Crippen LogP contribution is 2.39. The molecule has 3 rings (SSSR count). The summed E-state index contributed by atoms with van der Waals surface area (Å²) in [5.41, 5.74) is 1.82. The van der Waals surface area contributed by atoms with E-state index in [0.717, 1.165) is 11.1 Å². The molecule has 0 aliphatic carbocycles. The van der Waals surface area contributed by atoms with Crippen molar-refractivity contribution in [1.82, 2.24) is 4.90 Å². The number of hydrogen-bond acceptors (Lipinski definition) is 4. The number of amides is 1. The molecule has 0 saturated carbocycles. The lowest BCUT2D eigenvalue weighted by Crippen LogP contribution is -2.31. The van der Waals surface area contributed by atoms with E-state index >= 15 is 0 Å². The maximum Gasteiger partial charge on any atom is 0.290 e. The molecule has 0 fully saturated rings. The Balaban J connectivity index is 2.04. The molecule has 0 radical (unpaired) electrons. The SMILES string of the molecule is COc1cccc(CN2C(=O)C(O)=C(C(=O)C(C)C)C2c2ccccc2)c1. The zero-order chi connectivity index (χ0) is 19.6. The van der Waals surface area contributed by atoms with Gasteiger partial charge in [0.2, 0.25) is 0 Å². The number of rotatable bonds is 6. The molecular formula is C22H23NO4. The number of hydrogen-bond donors (Lipinski definition) is 1. The fourth-order valence-corrected chi connectivity index (χ4v) is 3.33. The maximum absolute atomic E-state index is 12.8. The highest BCUT2D eigenvalue weighted by Gasteiger charge is 2.43. The lowest BCUT2D eigenvalue weighted by Gasteiger charge is -2.27. The Morgan fingerprint density at radius 1 is 1.15 bits per heavy atom. The van der Waals surface area contributed by atoms with E-state index in [1.54, 1.807) is 21.0 Å².